The SMILES string of the molecule is CCCNc1ncnc(Cl)c1Br. The third-order valence-corrected chi connectivity index (χ3v) is 2.56. The lowest BCUT2D eigenvalue weighted by molar-refractivity contribution is 0.962. The van der Waals surface area contributed by atoms with Crippen molar-refractivity contribution in [2.24, 2.45) is 0 Å². The Morgan fingerprint density at radius 3 is 3.00 bits per heavy atom. The van der Waals surface area contributed by atoms with Crippen LogP contribution in [0.5, 0.6) is 0 Å². The molecule has 1 rings (SSSR count). The molecule has 0 aliphatic rings. The zero-order valence-corrected chi connectivity index (χ0v) is 8.98. The Labute approximate surface area is 84.7 Å². The molecule has 0 amide bonds. The van der Waals surface area contributed by atoms with Crippen molar-refractivity contribution in [3.8, 4) is 0 Å². The number of rotatable bonds is 3. The van der Waals surface area contributed by atoms with Crippen LogP contribution < -0.4 is 5.32 Å². The van der Waals surface area contributed by atoms with E-state index in [4.69, 9.17) is 11.6 Å². The van der Waals surface area contributed by atoms with Crippen molar-refractivity contribution >= 4 is 33.3 Å². The standard InChI is InChI=1S/C7H9BrClN3/c1-2-3-10-7-5(8)6(9)11-4-12-7/h4H,2-3H2,1H3,(H,10,11,12). The monoisotopic (exact) mass is 249 g/mol. The molecule has 5 heteroatoms. The Bertz CT molecular complexity index is 267. The highest BCUT2D eigenvalue weighted by Crippen LogP contribution is 2.25. The van der Waals surface area contributed by atoms with Crippen LogP contribution in [0.1, 0.15) is 13.3 Å². The molecule has 3 nitrogen and oxygen atoms in total. The zero-order valence-electron chi connectivity index (χ0n) is 6.64. The molecular formula is C7H9BrClN3. The lowest BCUT2D eigenvalue weighted by Gasteiger charge is -2.05. The molecule has 0 aromatic carbocycles. The number of halogens is 2. The molecule has 0 atom stereocenters. The van der Waals surface area contributed by atoms with Gasteiger partial charge in [0.2, 0.25) is 0 Å². The van der Waals surface area contributed by atoms with E-state index < -0.39 is 0 Å². The minimum Gasteiger partial charge on any atom is -0.369 e. The van der Waals surface area contributed by atoms with E-state index in [9.17, 15) is 0 Å². The summed E-state index contributed by atoms with van der Waals surface area (Å²) in [5.41, 5.74) is 0. The Morgan fingerprint density at radius 1 is 1.58 bits per heavy atom. The summed E-state index contributed by atoms with van der Waals surface area (Å²) in [6, 6.07) is 0. The van der Waals surface area contributed by atoms with Crippen molar-refractivity contribution in [3.63, 3.8) is 0 Å². The third-order valence-electron chi connectivity index (χ3n) is 1.29. The van der Waals surface area contributed by atoms with Crippen LogP contribution in [0.2, 0.25) is 5.15 Å². The van der Waals surface area contributed by atoms with E-state index in [1.165, 1.54) is 6.33 Å². The van der Waals surface area contributed by atoms with Gasteiger partial charge in [-0.15, -0.1) is 0 Å². The van der Waals surface area contributed by atoms with Crippen LogP contribution in [-0.2, 0) is 0 Å². The molecular weight excluding hydrogens is 241 g/mol. The van der Waals surface area contributed by atoms with Gasteiger partial charge in [-0.3, -0.25) is 0 Å². The molecule has 0 radical (unpaired) electrons. The van der Waals surface area contributed by atoms with Crippen LogP contribution in [0, 0.1) is 0 Å². The van der Waals surface area contributed by atoms with E-state index in [0.717, 1.165) is 23.3 Å². The first-order chi connectivity index (χ1) is 5.75. The van der Waals surface area contributed by atoms with Crippen LogP contribution in [0.3, 0.4) is 0 Å². The molecule has 12 heavy (non-hydrogen) atoms. The number of aromatic nitrogens is 2. The van der Waals surface area contributed by atoms with E-state index in [1.807, 2.05) is 0 Å². The molecule has 0 unspecified atom stereocenters. The molecule has 0 saturated heterocycles. The molecule has 1 N–H and O–H groups in total. The fourth-order valence-electron chi connectivity index (χ4n) is 0.715. The molecule has 0 aliphatic carbocycles. The number of nitrogens with zero attached hydrogens (tertiary/aromatic N) is 2. The lowest BCUT2D eigenvalue weighted by Crippen LogP contribution is -2.03. The molecule has 0 aliphatic heterocycles. The van der Waals surface area contributed by atoms with Crippen molar-refractivity contribution in [1.29, 1.82) is 0 Å². The van der Waals surface area contributed by atoms with Crippen LogP contribution in [0.25, 0.3) is 0 Å². The van der Waals surface area contributed by atoms with E-state index in [1.54, 1.807) is 0 Å². The van der Waals surface area contributed by atoms with E-state index >= 15 is 0 Å². The first kappa shape index (κ1) is 9.74. The van der Waals surface area contributed by atoms with Gasteiger partial charge in [0, 0.05) is 6.54 Å². The number of hydrogen-bond donors (Lipinski definition) is 1. The molecule has 0 bridgehead atoms. The van der Waals surface area contributed by atoms with E-state index in [-0.39, 0.29) is 0 Å². The molecule has 66 valence electrons. The maximum Gasteiger partial charge on any atom is 0.148 e. The Balaban J connectivity index is 2.78. The fraction of sp³-hybridized carbons (Fsp3) is 0.429. The highest BCUT2D eigenvalue weighted by atomic mass is 79.9. The van der Waals surface area contributed by atoms with Crippen molar-refractivity contribution < 1.29 is 0 Å². The highest BCUT2D eigenvalue weighted by Gasteiger charge is 2.04. The molecule has 0 spiro atoms. The quantitative estimate of drug-likeness (QED) is 0.838. The van der Waals surface area contributed by atoms with Gasteiger partial charge in [0.15, 0.2) is 0 Å². The largest absolute Gasteiger partial charge is 0.369 e. The second-order valence-corrected chi connectivity index (χ2v) is 3.40. The van der Waals surface area contributed by atoms with Gasteiger partial charge in [-0.25, -0.2) is 9.97 Å². The van der Waals surface area contributed by atoms with Crippen molar-refractivity contribution in [1.82, 2.24) is 9.97 Å². The van der Waals surface area contributed by atoms with Gasteiger partial charge in [-0.2, -0.15) is 0 Å². The molecule has 0 fully saturated rings. The summed E-state index contributed by atoms with van der Waals surface area (Å²) in [7, 11) is 0. The van der Waals surface area contributed by atoms with Crippen molar-refractivity contribution in [2.75, 3.05) is 11.9 Å². The maximum absolute atomic E-state index is 5.75. The molecule has 1 aromatic rings. The van der Waals surface area contributed by atoms with Gasteiger partial charge < -0.3 is 5.32 Å². The Kier molecular flexibility index (Phi) is 3.75. The smallest absolute Gasteiger partial charge is 0.148 e. The van der Waals surface area contributed by atoms with Crippen LogP contribution in [0.4, 0.5) is 5.82 Å². The van der Waals surface area contributed by atoms with Gasteiger partial charge in [-0.05, 0) is 22.4 Å². The first-order valence-corrected chi connectivity index (χ1v) is 4.82. The van der Waals surface area contributed by atoms with Crippen molar-refractivity contribution in [3.05, 3.63) is 16.0 Å². The normalized spacial score (nSPS) is 9.92. The summed E-state index contributed by atoms with van der Waals surface area (Å²) in [6.45, 7) is 2.97. The van der Waals surface area contributed by atoms with Gasteiger partial charge in [0.1, 0.15) is 17.3 Å². The Morgan fingerprint density at radius 2 is 2.33 bits per heavy atom. The van der Waals surface area contributed by atoms with Gasteiger partial charge in [0.05, 0.1) is 4.47 Å². The fourth-order valence-corrected chi connectivity index (χ4v) is 1.19. The third kappa shape index (κ3) is 2.32. The van der Waals surface area contributed by atoms with E-state index in [2.05, 4.69) is 38.1 Å². The Hall–Kier alpha value is -0.350. The lowest BCUT2D eigenvalue weighted by atomic mass is 10.4. The summed E-state index contributed by atoms with van der Waals surface area (Å²) < 4.78 is 0.722. The average molecular weight is 251 g/mol. The number of anilines is 1. The predicted molar refractivity (Wildman–Crippen MR) is 53.5 cm³/mol. The topological polar surface area (TPSA) is 37.8 Å². The van der Waals surface area contributed by atoms with Crippen LogP contribution >= 0.6 is 27.5 Å². The summed E-state index contributed by atoms with van der Waals surface area (Å²) in [5.74, 6) is 0.747. The van der Waals surface area contributed by atoms with Crippen LogP contribution in [0.15, 0.2) is 10.8 Å². The van der Waals surface area contributed by atoms with E-state index in [0.29, 0.717) is 5.15 Å². The summed E-state index contributed by atoms with van der Waals surface area (Å²) in [4.78, 5) is 7.84. The van der Waals surface area contributed by atoms with Gasteiger partial charge >= 0.3 is 0 Å². The van der Waals surface area contributed by atoms with Crippen LogP contribution in [-0.4, -0.2) is 16.5 Å². The number of nitrogens with one attached hydrogen (secondary N) is 1. The minimum atomic E-state index is 0.434. The minimum absolute atomic E-state index is 0.434. The zero-order chi connectivity index (χ0) is 8.97. The predicted octanol–water partition coefficient (Wildman–Crippen LogP) is 2.71. The van der Waals surface area contributed by atoms with Crippen molar-refractivity contribution in [2.45, 2.75) is 13.3 Å². The highest BCUT2D eigenvalue weighted by molar-refractivity contribution is 9.10. The molecule has 1 heterocycles. The molecule has 1 aromatic heterocycles. The second kappa shape index (κ2) is 4.62. The maximum atomic E-state index is 5.75. The summed E-state index contributed by atoms with van der Waals surface area (Å²) in [6.07, 6.45) is 2.49. The molecule has 0 saturated carbocycles. The number of hydrogen-bond acceptors (Lipinski definition) is 3. The van der Waals surface area contributed by atoms with Gasteiger partial charge in [-0.1, -0.05) is 18.5 Å². The first-order valence-electron chi connectivity index (χ1n) is 3.65. The summed E-state index contributed by atoms with van der Waals surface area (Å²) >= 11 is 9.05. The summed E-state index contributed by atoms with van der Waals surface area (Å²) in [5, 5.41) is 3.55. The second-order valence-electron chi connectivity index (χ2n) is 2.25. The van der Waals surface area contributed by atoms with Gasteiger partial charge in [0.25, 0.3) is 0 Å². The average Bonchev–Trinajstić information content (AvgIpc) is 2.08.